The second-order valence-electron chi connectivity index (χ2n) is 5.20. The third-order valence-corrected chi connectivity index (χ3v) is 3.63. The van der Waals surface area contributed by atoms with Crippen LogP contribution in [0.1, 0.15) is 38.5 Å². The molecule has 1 unspecified atom stereocenters. The van der Waals surface area contributed by atoms with Gasteiger partial charge in [-0.1, -0.05) is 32.1 Å². The molecule has 104 valence electrons. The van der Waals surface area contributed by atoms with Gasteiger partial charge in [-0.3, -0.25) is 4.79 Å². The predicted octanol–water partition coefficient (Wildman–Crippen LogP) is 2.46. The van der Waals surface area contributed by atoms with Crippen LogP contribution in [0.4, 0.5) is 10.2 Å². The highest BCUT2D eigenvalue weighted by molar-refractivity contribution is 5.93. The fourth-order valence-electron chi connectivity index (χ4n) is 2.56. The first kappa shape index (κ1) is 13.9. The summed E-state index contributed by atoms with van der Waals surface area (Å²) in [6.07, 6.45) is 7.87. The van der Waals surface area contributed by atoms with Gasteiger partial charge in [0.25, 0.3) is 0 Å². The van der Waals surface area contributed by atoms with E-state index in [0.717, 1.165) is 19.0 Å². The van der Waals surface area contributed by atoms with Crippen molar-refractivity contribution in [2.75, 3.05) is 5.32 Å². The van der Waals surface area contributed by atoms with Gasteiger partial charge in [-0.15, -0.1) is 0 Å². The van der Waals surface area contributed by atoms with E-state index >= 15 is 0 Å². The van der Waals surface area contributed by atoms with E-state index in [4.69, 9.17) is 5.73 Å². The SMILES string of the molecule is NC(CC1CCCCC1)C(=O)Nc1ccc(F)cn1. The van der Waals surface area contributed by atoms with Crippen molar-refractivity contribution in [3.63, 3.8) is 0 Å². The first-order valence-electron chi connectivity index (χ1n) is 6.83. The van der Waals surface area contributed by atoms with Gasteiger partial charge >= 0.3 is 0 Å². The second kappa shape index (κ2) is 6.61. The maximum Gasteiger partial charge on any atom is 0.242 e. The van der Waals surface area contributed by atoms with E-state index in [1.54, 1.807) is 0 Å². The van der Waals surface area contributed by atoms with Gasteiger partial charge in [0.2, 0.25) is 5.91 Å². The van der Waals surface area contributed by atoms with Crippen LogP contribution in [0.15, 0.2) is 18.3 Å². The smallest absolute Gasteiger partial charge is 0.242 e. The normalized spacial score (nSPS) is 18.0. The van der Waals surface area contributed by atoms with Gasteiger partial charge in [-0.2, -0.15) is 0 Å². The molecule has 1 fully saturated rings. The van der Waals surface area contributed by atoms with Crippen molar-refractivity contribution in [3.05, 3.63) is 24.1 Å². The molecule has 1 amide bonds. The van der Waals surface area contributed by atoms with Crippen molar-refractivity contribution in [1.82, 2.24) is 4.98 Å². The van der Waals surface area contributed by atoms with Crippen molar-refractivity contribution < 1.29 is 9.18 Å². The summed E-state index contributed by atoms with van der Waals surface area (Å²) in [7, 11) is 0. The molecule has 19 heavy (non-hydrogen) atoms. The number of nitrogens with one attached hydrogen (secondary N) is 1. The molecule has 3 N–H and O–H groups in total. The molecule has 0 radical (unpaired) electrons. The highest BCUT2D eigenvalue weighted by Gasteiger charge is 2.21. The number of carbonyl (C=O) groups excluding carboxylic acids is 1. The maximum absolute atomic E-state index is 12.7. The Bertz CT molecular complexity index is 415. The van der Waals surface area contributed by atoms with E-state index in [1.165, 1.54) is 31.4 Å². The summed E-state index contributed by atoms with van der Waals surface area (Å²) < 4.78 is 12.7. The summed E-state index contributed by atoms with van der Waals surface area (Å²) in [5, 5.41) is 2.62. The third kappa shape index (κ3) is 4.28. The van der Waals surface area contributed by atoms with Crippen LogP contribution >= 0.6 is 0 Å². The number of aromatic nitrogens is 1. The van der Waals surface area contributed by atoms with Crippen LogP contribution in [-0.2, 0) is 4.79 Å². The molecule has 1 aromatic heterocycles. The summed E-state index contributed by atoms with van der Waals surface area (Å²) in [4.78, 5) is 15.7. The predicted molar refractivity (Wildman–Crippen MR) is 72.0 cm³/mol. The number of rotatable bonds is 4. The topological polar surface area (TPSA) is 68.0 Å². The molecule has 0 aliphatic heterocycles. The van der Waals surface area contributed by atoms with E-state index in [2.05, 4.69) is 10.3 Å². The molecule has 0 aromatic carbocycles. The van der Waals surface area contributed by atoms with Crippen LogP contribution < -0.4 is 11.1 Å². The third-order valence-electron chi connectivity index (χ3n) is 3.63. The van der Waals surface area contributed by atoms with E-state index in [-0.39, 0.29) is 5.91 Å². The number of hydrogen-bond donors (Lipinski definition) is 2. The van der Waals surface area contributed by atoms with Gasteiger partial charge in [-0.25, -0.2) is 9.37 Å². The Morgan fingerprint density at radius 1 is 1.42 bits per heavy atom. The van der Waals surface area contributed by atoms with Crippen molar-refractivity contribution in [2.45, 2.75) is 44.6 Å². The van der Waals surface area contributed by atoms with E-state index in [9.17, 15) is 9.18 Å². The molecule has 5 heteroatoms. The Labute approximate surface area is 112 Å². The number of hydrogen-bond acceptors (Lipinski definition) is 3. The zero-order chi connectivity index (χ0) is 13.7. The Morgan fingerprint density at radius 3 is 2.79 bits per heavy atom. The van der Waals surface area contributed by atoms with Gasteiger partial charge < -0.3 is 11.1 Å². The molecular weight excluding hydrogens is 245 g/mol. The molecule has 0 saturated heterocycles. The molecule has 1 saturated carbocycles. The van der Waals surface area contributed by atoms with Gasteiger partial charge in [0.05, 0.1) is 12.2 Å². The Kier molecular flexibility index (Phi) is 4.85. The average Bonchev–Trinajstić information content (AvgIpc) is 2.42. The number of halogens is 1. The lowest BCUT2D eigenvalue weighted by atomic mass is 9.85. The number of anilines is 1. The van der Waals surface area contributed by atoms with Crippen LogP contribution in [0.3, 0.4) is 0 Å². The maximum atomic E-state index is 12.7. The molecule has 0 bridgehead atoms. The Balaban J connectivity index is 1.83. The quantitative estimate of drug-likeness (QED) is 0.878. The van der Waals surface area contributed by atoms with Gasteiger partial charge in [0.15, 0.2) is 0 Å². The monoisotopic (exact) mass is 265 g/mol. The molecule has 1 aliphatic rings. The molecule has 1 heterocycles. The summed E-state index contributed by atoms with van der Waals surface area (Å²) in [6, 6.07) is 2.17. The Morgan fingerprint density at radius 2 is 2.16 bits per heavy atom. The molecule has 4 nitrogen and oxygen atoms in total. The molecule has 1 atom stereocenters. The van der Waals surface area contributed by atoms with E-state index < -0.39 is 11.9 Å². The zero-order valence-electron chi connectivity index (χ0n) is 10.9. The molecular formula is C14H20FN3O. The lowest BCUT2D eigenvalue weighted by Crippen LogP contribution is -2.37. The van der Waals surface area contributed by atoms with Gasteiger partial charge in [0, 0.05) is 0 Å². The average molecular weight is 265 g/mol. The largest absolute Gasteiger partial charge is 0.320 e. The minimum absolute atomic E-state index is 0.246. The lowest BCUT2D eigenvalue weighted by Gasteiger charge is -2.23. The fraction of sp³-hybridized carbons (Fsp3) is 0.571. The zero-order valence-corrected chi connectivity index (χ0v) is 10.9. The standard InChI is InChI=1S/C14H20FN3O/c15-11-6-7-13(17-9-11)18-14(19)12(16)8-10-4-2-1-3-5-10/h6-7,9-10,12H,1-5,8,16H2,(H,17,18,19). The summed E-state index contributed by atoms with van der Waals surface area (Å²) in [5.41, 5.74) is 5.91. The van der Waals surface area contributed by atoms with Crippen molar-refractivity contribution in [1.29, 1.82) is 0 Å². The van der Waals surface area contributed by atoms with Crippen molar-refractivity contribution in [2.24, 2.45) is 11.7 Å². The van der Waals surface area contributed by atoms with Crippen LogP contribution in [0.2, 0.25) is 0 Å². The summed E-state index contributed by atoms with van der Waals surface area (Å²) >= 11 is 0. The van der Waals surface area contributed by atoms with E-state index in [1.807, 2.05) is 0 Å². The highest BCUT2D eigenvalue weighted by atomic mass is 19.1. The minimum atomic E-state index is -0.519. The number of pyridine rings is 1. The number of carbonyl (C=O) groups is 1. The number of nitrogens with zero attached hydrogens (tertiary/aromatic N) is 1. The number of nitrogens with two attached hydrogens (primary N) is 1. The Hall–Kier alpha value is -1.49. The summed E-state index contributed by atoms with van der Waals surface area (Å²) in [5.74, 6) is 0.218. The van der Waals surface area contributed by atoms with Gasteiger partial charge in [-0.05, 0) is 24.5 Å². The summed E-state index contributed by atoms with van der Waals surface area (Å²) in [6.45, 7) is 0. The van der Waals surface area contributed by atoms with Crippen molar-refractivity contribution >= 4 is 11.7 Å². The van der Waals surface area contributed by atoms with Gasteiger partial charge in [0.1, 0.15) is 11.6 Å². The molecule has 2 rings (SSSR count). The van der Waals surface area contributed by atoms with E-state index in [0.29, 0.717) is 18.2 Å². The first-order chi connectivity index (χ1) is 9.15. The highest BCUT2D eigenvalue weighted by Crippen LogP contribution is 2.27. The minimum Gasteiger partial charge on any atom is -0.320 e. The van der Waals surface area contributed by atoms with Crippen LogP contribution in [0, 0.1) is 11.7 Å². The molecule has 1 aromatic rings. The van der Waals surface area contributed by atoms with Crippen LogP contribution in [-0.4, -0.2) is 16.9 Å². The van der Waals surface area contributed by atoms with Crippen LogP contribution in [0.25, 0.3) is 0 Å². The van der Waals surface area contributed by atoms with Crippen LogP contribution in [0.5, 0.6) is 0 Å². The van der Waals surface area contributed by atoms with Crippen molar-refractivity contribution in [3.8, 4) is 0 Å². The molecule has 1 aliphatic carbocycles. The first-order valence-corrected chi connectivity index (χ1v) is 6.83. The fourth-order valence-corrected chi connectivity index (χ4v) is 2.56. The number of amides is 1. The molecule has 0 spiro atoms. The second-order valence-corrected chi connectivity index (χ2v) is 5.20. The lowest BCUT2D eigenvalue weighted by molar-refractivity contribution is -0.117.